The Hall–Kier alpha value is -1.40. The van der Waals surface area contributed by atoms with Crippen molar-refractivity contribution in [2.75, 3.05) is 39.3 Å². The number of piperazine rings is 1. The topological polar surface area (TPSA) is 78.7 Å². The van der Waals surface area contributed by atoms with E-state index in [4.69, 9.17) is 5.73 Å². The molecule has 0 unspecified atom stereocenters. The molecule has 2 aliphatic rings. The molecule has 2 fully saturated rings. The first-order chi connectivity index (χ1) is 9.05. The fourth-order valence-corrected chi connectivity index (χ4v) is 2.22. The fourth-order valence-electron chi connectivity index (χ4n) is 2.22. The normalized spacial score (nSPS) is 21.8. The molecule has 0 radical (unpaired) electrons. The first-order valence-corrected chi connectivity index (χ1v) is 6.73. The summed E-state index contributed by atoms with van der Waals surface area (Å²) in [6, 6.07) is 0. The molecule has 6 nitrogen and oxygen atoms in total. The fraction of sp³-hybridized carbons (Fsp3) is 0.692. The van der Waals surface area contributed by atoms with Gasteiger partial charge in [-0.05, 0) is 12.8 Å². The lowest BCUT2D eigenvalue weighted by Gasteiger charge is -2.35. The third-order valence-electron chi connectivity index (χ3n) is 3.68. The van der Waals surface area contributed by atoms with Gasteiger partial charge in [0.1, 0.15) is 0 Å². The first kappa shape index (κ1) is 14.0. The van der Waals surface area contributed by atoms with Crippen molar-refractivity contribution in [2.24, 2.45) is 5.73 Å². The van der Waals surface area contributed by atoms with Crippen molar-refractivity contribution in [3.05, 3.63) is 12.7 Å². The van der Waals surface area contributed by atoms with Gasteiger partial charge in [-0.15, -0.1) is 6.58 Å². The van der Waals surface area contributed by atoms with Crippen molar-refractivity contribution >= 4 is 11.8 Å². The number of nitrogens with two attached hydrogens (primary N) is 1. The van der Waals surface area contributed by atoms with E-state index >= 15 is 0 Å². The second kappa shape index (κ2) is 5.71. The van der Waals surface area contributed by atoms with Gasteiger partial charge in [-0.2, -0.15) is 0 Å². The zero-order valence-electron chi connectivity index (χ0n) is 11.2. The van der Waals surface area contributed by atoms with Gasteiger partial charge in [0.2, 0.25) is 11.8 Å². The Bertz CT molecular complexity index is 371. The highest BCUT2D eigenvalue weighted by atomic mass is 16.2. The van der Waals surface area contributed by atoms with Gasteiger partial charge in [-0.1, -0.05) is 6.08 Å². The summed E-state index contributed by atoms with van der Waals surface area (Å²) in [5, 5.41) is 2.75. The van der Waals surface area contributed by atoms with Crippen molar-refractivity contribution in [3.8, 4) is 0 Å². The molecule has 1 saturated carbocycles. The van der Waals surface area contributed by atoms with E-state index in [-0.39, 0.29) is 11.8 Å². The standard InChI is InChI=1S/C13H22N4O2/c1-2-5-15-11(18)10-16-6-8-17(9-7-16)12(19)13(14)3-4-13/h2H,1,3-10,14H2,(H,15,18). The maximum Gasteiger partial charge on any atom is 0.242 e. The van der Waals surface area contributed by atoms with Gasteiger partial charge in [0.25, 0.3) is 0 Å². The molecule has 0 spiro atoms. The van der Waals surface area contributed by atoms with Crippen LogP contribution in [0.1, 0.15) is 12.8 Å². The van der Waals surface area contributed by atoms with Gasteiger partial charge < -0.3 is 16.0 Å². The Kier molecular flexibility index (Phi) is 4.21. The Balaban J connectivity index is 1.71. The molecule has 2 rings (SSSR count). The zero-order chi connectivity index (χ0) is 13.9. The molecule has 3 N–H and O–H groups in total. The minimum absolute atomic E-state index is 0.00263. The lowest BCUT2D eigenvalue weighted by Crippen LogP contribution is -2.55. The second-order valence-corrected chi connectivity index (χ2v) is 5.32. The highest BCUT2D eigenvalue weighted by Gasteiger charge is 2.48. The van der Waals surface area contributed by atoms with Crippen molar-refractivity contribution < 1.29 is 9.59 Å². The molecule has 6 heteroatoms. The minimum atomic E-state index is -0.580. The smallest absolute Gasteiger partial charge is 0.242 e. The maximum absolute atomic E-state index is 12.0. The number of hydrogen-bond donors (Lipinski definition) is 2. The van der Waals surface area contributed by atoms with Crippen LogP contribution in [0.2, 0.25) is 0 Å². The minimum Gasteiger partial charge on any atom is -0.352 e. The van der Waals surface area contributed by atoms with Crippen LogP contribution in [-0.2, 0) is 9.59 Å². The van der Waals surface area contributed by atoms with Crippen molar-refractivity contribution in [1.29, 1.82) is 0 Å². The highest BCUT2D eigenvalue weighted by Crippen LogP contribution is 2.34. The molecule has 19 heavy (non-hydrogen) atoms. The van der Waals surface area contributed by atoms with Gasteiger partial charge in [-0.25, -0.2) is 0 Å². The summed E-state index contributed by atoms with van der Waals surface area (Å²) in [6.07, 6.45) is 3.26. The van der Waals surface area contributed by atoms with Crippen LogP contribution < -0.4 is 11.1 Å². The average Bonchev–Trinajstić information content (AvgIpc) is 3.16. The number of nitrogens with zero attached hydrogens (tertiary/aromatic N) is 2. The number of amides is 2. The molecular weight excluding hydrogens is 244 g/mol. The van der Waals surface area contributed by atoms with E-state index in [0.717, 1.165) is 25.9 Å². The summed E-state index contributed by atoms with van der Waals surface area (Å²) >= 11 is 0. The Morgan fingerprint density at radius 1 is 1.26 bits per heavy atom. The van der Waals surface area contributed by atoms with E-state index in [1.807, 2.05) is 4.90 Å². The molecule has 0 atom stereocenters. The molecule has 1 aliphatic heterocycles. The largest absolute Gasteiger partial charge is 0.352 e. The van der Waals surface area contributed by atoms with Gasteiger partial charge in [0.15, 0.2) is 0 Å². The summed E-state index contributed by atoms with van der Waals surface area (Å²) in [7, 11) is 0. The predicted octanol–water partition coefficient (Wildman–Crippen LogP) is -1.08. The molecule has 0 aromatic rings. The number of rotatable bonds is 5. The number of carbonyl (C=O) groups is 2. The average molecular weight is 266 g/mol. The third-order valence-corrected chi connectivity index (χ3v) is 3.68. The van der Waals surface area contributed by atoms with Gasteiger partial charge >= 0.3 is 0 Å². The zero-order valence-corrected chi connectivity index (χ0v) is 11.2. The van der Waals surface area contributed by atoms with Gasteiger partial charge in [0, 0.05) is 32.7 Å². The van der Waals surface area contributed by atoms with E-state index in [1.54, 1.807) is 6.08 Å². The van der Waals surface area contributed by atoms with Crippen LogP contribution in [0.25, 0.3) is 0 Å². The molecule has 1 aliphatic carbocycles. The van der Waals surface area contributed by atoms with Crippen molar-refractivity contribution in [2.45, 2.75) is 18.4 Å². The molecule has 0 bridgehead atoms. The molecule has 1 saturated heterocycles. The van der Waals surface area contributed by atoms with Crippen molar-refractivity contribution in [3.63, 3.8) is 0 Å². The number of nitrogens with one attached hydrogen (secondary N) is 1. The predicted molar refractivity (Wildman–Crippen MR) is 72.4 cm³/mol. The Morgan fingerprint density at radius 2 is 1.89 bits per heavy atom. The molecule has 0 aromatic carbocycles. The molecule has 2 amide bonds. The van der Waals surface area contributed by atoms with E-state index in [9.17, 15) is 9.59 Å². The lowest BCUT2D eigenvalue weighted by atomic mass is 10.2. The van der Waals surface area contributed by atoms with Crippen LogP contribution in [0.4, 0.5) is 0 Å². The number of carbonyl (C=O) groups excluding carboxylic acids is 2. The number of hydrogen-bond acceptors (Lipinski definition) is 4. The Labute approximate surface area is 113 Å². The summed E-state index contributed by atoms with van der Waals surface area (Å²) in [5.41, 5.74) is 5.33. The van der Waals surface area contributed by atoms with Gasteiger partial charge in [-0.3, -0.25) is 14.5 Å². The first-order valence-electron chi connectivity index (χ1n) is 6.73. The monoisotopic (exact) mass is 266 g/mol. The van der Waals surface area contributed by atoms with Gasteiger partial charge in [0.05, 0.1) is 12.1 Å². The summed E-state index contributed by atoms with van der Waals surface area (Å²) in [5.74, 6) is 0.0698. The molecule has 1 heterocycles. The van der Waals surface area contributed by atoms with Crippen LogP contribution in [0.15, 0.2) is 12.7 Å². The molecule has 106 valence electrons. The molecule has 0 aromatic heterocycles. The van der Waals surface area contributed by atoms with Crippen LogP contribution in [-0.4, -0.2) is 66.4 Å². The van der Waals surface area contributed by atoms with E-state index < -0.39 is 5.54 Å². The quantitative estimate of drug-likeness (QED) is 0.621. The summed E-state index contributed by atoms with van der Waals surface area (Å²) in [4.78, 5) is 27.5. The SMILES string of the molecule is C=CCNC(=O)CN1CCN(C(=O)C2(N)CC2)CC1. The Morgan fingerprint density at radius 3 is 2.42 bits per heavy atom. The van der Waals surface area contributed by atoms with Crippen LogP contribution in [0, 0.1) is 0 Å². The second-order valence-electron chi connectivity index (χ2n) is 5.32. The summed E-state index contributed by atoms with van der Waals surface area (Å²) in [6.45, 7) is 7.19. The lowest BCUT2D eigenvalue weighted by molar-refractivity contribution is -0.135. The van der Waals surface area contributed by atoms with Crippen molar-refractivity contribution in [1.82, 2.24) is 15.1 Å². The van der Waals surface area contributed by atoms with Crippen LogP contribution >= 0.6 is 0 Å². The van der Waals surface area contributed by atoms with E-state index in [2.05, 4.69) is 16.8 Å². The summed E-state index contributed by atoms with van der Waals surface area (Å²) < 4.78 is 0. The van der Waals surface area contributed by atoms with Crippen LogP contribution in [0.5, 0.6) is 0 Å². The van der Waals surface area contributed by atoms with E-state index in [1.165, 1.54) is 0 Å². The highest BCUT2D eigenvalue weighted by molar-refractivity contribution is 5.89. The van der Waals surface area contributed by atoms with Crippen LogP contribution in [0.3, 0.4) is 0 Å². The van der Waals surface area contributed by atoms with E-state index in [0.29, 0.717) is 26.2 Å². The third kappa shape index (κ3) is 3.54. The molecular formula is C13H22N4O2. The maximum atomic E-state index is 12.0.